The third-order valence-corrected chi connectivity index (χ3v) is 5.58. The Bertz CT molecular complexity index is 947. The van der Waals surface area contributed by atoms with Gasteiger partial charge in [0.25, 0.3) is 0 Å². The number of fused-ring (bicyclic) bond motifs is 1. The number of rotatable bonds is 3. The van der Waals surface area contributed by atoms with Gasteiger partial charge in [0.05, 0.1) is 12.8 Å². The topological polar surface area (TPSA) is 41.6 Å². The molecule has 0 aliphatic carbocycles. The molecular formula is C24H26N2O2. The van der Waals surface area contributed by atoms with Crippen molar-refractivity contribution in [1.82, 2.24) is 4.90 Å². The number of amides is 2. The molecule has 0 saturated carbocycles. The van der Waals surface area contributed by atoms with Gasteiger partial charge in [0.15, 0.2) is 0 Å². The van der Waals surface area contributed by atoms with E-state index in [1.165, 1.54) is 5.56 Å². The number of methoxy groups -OCH3 is 1. The first-order valence-electron chi connectivity index (χ1n) is 9.92. The summed E-state index contributed by atoms with van der Waals surface area (Å²) in [6, 6.07) is 22.4. The Morgan fingerprint density at radius 1 is 1.00 bits per heavy atom. The van der Waals surface area contributed by atoms with E-state index in [2.05, 4.69) is 29.6 Å². The normalized spacial score (nSPS) is 17.2. The monoisotopic (exact) mass is 374 g/mol. The van der Waals surface area contributed by atoms with Crippen molar-refractivity contribution in [2.24, 2.45) is 0 Å². The van der Waals surface area contributed by atoms with Crippen LogP contribution in [0, 0.1) is 0 Å². The number of anilines is 1. The molecule has 0 spiro atoms. The van der Waals surface area contributed by atoms with Crippen LogP contribution in [-0.4, -0.2) is 31.1 Å². The highest BCUT2D eigenvalue weighted by atomic mass is 16.5. The molecule has 1 atom stereocenters. The van der Waals surface area contributed by atoms with Crippen molar-refractivity contribution in [1.29, 1.82) is 0 Å². The van der Waals surface area contributed by atoms with Crippen LogP contribution < -0.4 is 10.1 Å². The van der Waals surface area contributed by atoms with Crippen LogP contribution in [0.4, 0.5) is 10.5 Å². The summed E-state index contributed by atoms with van der Waals surface area (Å²) in [5.41, 5.74) is 2.14. The largest absolute Gasteiger partial charge is 0.497 e. The summed E-state index contributed by atoms with van der Waals surface area (Å²) in [7, 11) is 1.68. The predicted octanol–water partition coefficient (Wildman–Crippen LogP) is 5.65. The van der Waals surface area contributed by atoms with Crippen LogP contribution in [0.5, 0.6) is 5.75 Å². The van der Waals surface area contributed by atoms with Crippen molar-refractivity contribution < 1.29 is 9.53 Å². The van der Waals surface area contributed by atoms with Crippen LogP contribution >= 0.6 is 0 Å². The van der Waals surface area contributed by atoms with E-state index in [-0.39, 0.29) is 6.03 Å². The molecular weight excluding hydrogens is 348 g/mol. The fourth-order valence-corrected chi connectivity index (χ4v) is 4.00. The number of nitrogens with one attached hydrogen (secondary N) is 1. The number of hydrogen-bond donors (Lipinski definition) is 1. The second-order valence-corrected chi connectivity index (χ2v) is 7.37. The van der Waals surface area contributed by atoms with Gasteiger partial charge in [0, 0.05) is 24.4 Å². The van der Waals surface area contributed by atoms with Crippen molar-refractivity contribution >= 4 is 22.5 Å². The Balaban J connectivity index is 1.51. The molecule has 2 amide bonds. The average molecular weight is 374 g/mol. The van der Waals surface area contributed by atoms with Gasteiger partial charge < -0.3 is 15.0 Å². The Labute approximate surface area is 166 Å². The summed E-state index contributed by atoms with van der Waals surface area (Å²) in [5.74, 6) is 1.22. The van der Waals surface area contributed by atoms with Crippen molar-refractivity contribution in [2.45, 2.75) is 25.2 Å². The zero-order valence-corrected chi connectivity index (χ0v) is 16.2. The molecule has 28 heavy (non-hydrogen) atoms. The Morgan fingerprint density at radius 2 is 1.79 bits per heavy atom. The van der Waals surface area contributed by atoms with E-state index in [1.807, 2.05) is 47.4 Å². The van der Waals surface area contributed by atoms with E-state index in [0.717, 1.165) is 54.6 Å². The Morgan fingerprint density at radius 3 is 2.61 bits per heavy atom. The lowest BCUT2D eigenvalue weighted by molar-refractivity contribution is 0.211. The van der Waals surface area contributed by atoms with Crippen molar-refractivity contribution in [2.75, 3.05) is 25.5 Å². The highest BCUT2D eigenvalue weighted by Gasteiger charge is 2.23. The first-order valence-corrected chi connectivity index (χ1v) is 9.92. The molecule has 1 heterocycles. The minimum Gasteiger partial charge on any atom is -0.497 e. The molecule has 3 aromatic rings. The van der Waals surface area contributed by atoms with E-state index in [4.69, 9.17) is 4.74 Å². The maximum atomic E-state index is 13.0. The fraction of sp³-hybridized carbons (Fsp3) is 0.292. The van der Waals surface area contributed by atoms with Crippen molar-refractivity contribution in [3.63, 3.8) is 0 Å². The minimum atomic E-state index is -0.0169. The number of benzene rings is 3. The van der Waals surface area contributed by atoms with E-state index in [9.17, 15) is 4.79 Å². The lowest BCUT2D eigenvalue weighted by Crippen LogP contribution is -2.37. The van der Waals surface area contributed by atoms with Crippen LogP contribution in [0.2, 0.25) is 0 Å². The van der Waals surface area contributed by atoms with Gasteiger partial charge in [-0.1, -0.05) is 55.0 Å². The first kappa shape index (κ1) is 18.4. The maximum Gasteiger partial charge on any atom is 0.321 e. The molecule has 1 unspecified atom stereocenters. The van der Waals surface area contributed by atoms with Crippen LogP contribution in [0.3, 0.4) is 0 Å². The van der Waals surface area contributed by atoms with E-state index >= 15 is 0 Å². The highest BCUT2D eigenvalue weighted by Crippen LogP contribution is 2.29. The number of urea groups is 1. The Kier molecular flexibility index (Phi) is 5.47. The molecule has 144 valence electrons. The van der Waals surface area contributed by atoms with Crippen LogP contribution in [0.1, 0.15) is 30.7 Å². The van der Waals surface area contributed by atoms with Gasteiger partial charge in [-0.25, -0.2) is 4.79 Å². The molecule has 4 heteroatoms. The number of carbonyl (C=O) groups excluding carboxylic acids is 1. The molecule has 1 aliphatic heterocycles. The molecule has 1 saturated heterocycles. The number of likely N-dealkylation sites (tertiary alicyclic amines) is 1. The van der Waals surface area contributed by atoms with Gasteiger partial charge in [-0.3, -0.25) is 0 Å². The fourth-order valence-electron chi connectivity index (χ4n) is 4.00. The van der Waals surface area contributed by atoms with E-state index in [0.29, 0.717) is 5.92 Å². The van der Waals surface area contributed by atoms with Crippen LogP contribution in [0.25, 0.3) is 10.8 Å². The predicted molar refractivity (Wildman–Crippen MR) is 114 cm³/mol. The zero-order chi connectivity index (χ0) is 19.3. The summed E-state index contributed by atoms with van der Waals surface area (Å²) in [6.45, 7) is 1.53. The summed E-state index contributed by atoms with van der Waals surface area (Å²) in [6.07, 6.45) is 3.27. The summed E-state index contributed by atoms with van der Waals surface area (Å²) < 4.78 is 5.27. The summed E-state index contributed by atoms with van der Waals surface area (Å²) in [4.78, 5) is 15.0. The SMILES string of the molecule is COc1ccc(C2CCCCN(C(=O)Nc3cccc4ccccc34)C2)cc1. The van der Waals surface area contributed by atoms with Gasteiger partial charge in [-0.05, 0) is 42.0 Å². The zero-order valence-electron chi connectivity index (χ0n) is 16.2. The minimum absolute atomic E-state index is 0.0169. The third-order valence-electron chi connectivity index (χ3n) is 5.58. The van der Waals surface area contributed by atoms with E-state index in [1.54, 1.807) is 7.11 Å². The molecule has 1 fully saturated rings. The second kappa shape index (κ2) is 8.34. The third kappa shape index (κ3) is 3.96. The molecule has 3 aromatic carbocycles. The summed E-state index contributed by atoms with van der Waals surface area (Å²) >= 11 is 0. The number of hydrogen-bond acceptors (Lipinski definition) is 2. The lowest BCUT2D eigenvalue weighted by atomic mass is 9.94. The van der Waals surface area contributed by atoms with Crippen LogP contribution in [-0.2, 0) is 0 Å². The lowest BCUT2D eigenvalue weighted by Gasteiger charge is -2.25. The Hall–Kier alpha value is -3.01. The smallest absolute Gasteiger partial charge is 0.321 e. The van der Waals surface area contributed by atoms with Crippen molar-refractivity contribution in [3.8, 4) is 5.75 Å². The second-order valence-electron chi connectivity index (χ2n) is 7.37. The molecule has 0 bridgehead atoms. The maximum absolute atomic E-state index is 13.0. The van der Waals surface area contributed by atoms with Gasteiger partial charge in [0.2, 0.25) is 0 Å². The molecule has 1 N–H and O–H groups in total. The molecule has 4 rings (SSSR count). The van der Waals surface area contributed by atoms with Gasteiger partial charge in [-0.15, -0.1) is 0 Å². The summed E-state index contributed by atoms with van der Waals surface area (Å²) in [5, 5.41) is 5.34. The van der Waals surface area contributed by atoms with E-state index < -0.39 is 0 Å². The number of nitrogens with zero attached hydrogens (tertiary/aromatic N) is 1. The van der Waals surface area contributed by atoms with Crippen molar-refractivity contribution in [3.05, 3.63) is 72.3 Å². The quantitative estimate of drug-likeness (QED) is 0.644. The highest BCUT2D eigenvalue weighted by molar-refractivity contribution is 6.01. The molecule has 1 aliphatic rings. The number of ether oxygens (including phenoxy) is 1. The first-order chi connectivity index (χ1) is 13.7. The van der Waals surface area contributed by atoms with Crippen LogP contribution in [0.15, 0.2) is 66.7 Å². The molecule has 0 aromatic heterocycles. The van der Waals surface area contributed by atoms with Gasteiger partial charge in [0.1, 0.15) is 5.75 Å². The average Bonchev–Trinajstić information content (AvgIpc) is 3.01. The van der Waals surface area contributed by atoms with Gasteiger partial charge in [-0.2, -0.15) is 0 Å². The van der Waals surface area contributed by atoms with Gasteiger partial charge >= 0.3 is 6.03 Å². The standard InChI is InChI=1S/C24H26N2O2/c1-28-21-14-12-18(13-15-21)20-8-4-5-16-26(17-20)24(27)25-23-11-6-9-19-7-2-3-10-22(19)23/h2-3,6-7,9-15,20H,4-5,8,16-17H2,1H3,(H,25,27). The number of carbonyl (C=O) groups is 1. The molecule has 4 nitrogen and oxygen atoms in total. The molecule has 0 radical (unpaired) electrons.